The highest BCUT2D eigenvalue weighted by Crippen LogP contribution is 2.32. The van der Waals surface area contributed by atoms with Gasteiger partial charge in [-0.15, -0.1) is 0 Å². The normalized spacial score (nSPS) is 24.7. The first-order chi connectivity index (χ1) is 11.6. The molecule has 2 aromatic carbocycles. The predicted octanol–water partition coefficient (Wildman–Crippen LogP) is 2.33. The molecule has 24 heavy (non-hydrogen) atoms. The van der Waals surface area contributed by atoms with Crippen molar-refractivity contribution < 1.29 is 18.6 Å². The fourth-order valence-electron chi connectivity index (χ4n) is 3.62. The standard InChI is InChI=1S/C19H20BNO3/c1-14(2)12-17-19(22)24-20(16-9-4-3-5-10-16)21(17)13-15-8-6-7-11-18(15)23-20/h3-11,13-14,17H,12H2,1-2H3/t17-,20?/m0/s1. The molecule has 1 saturated heterocycles. The molecular weight excluding hydrogens is 301 g/mol. The Morgan fingerprint density at radius 2 is 1.75 bits per heavy atom. The van der Waals surface area contributed by atoms with E-state index in [4.69, 9.17) is 9.31 Å². The molecule has 0 aliphatic carbocycles. The Kier molecular flexibility index (Phi) is 3.45. The Labute approximate surface area is 141 Å². The van der Waals surface area contributed by atoms with E-state index in [1.807, 2.05) is 65.3 Å². The van der Waals surface area contributed by atoms with Crippen LogP contribution in [0.15, 0.2) is 54.6 Å². The number of hydrogen-bond acceptors (Lipinski definition) is 3. The van der Waals surface area contributed by atoms with Crippen LogP contribution in [0.5, 0.6) is 5.75 Å². The monoisotopic (exact) mass is 321 g/mol. The number of carbonyl (C=O) groups excluding carboxylic acids is 1. The van der Waals surface area contributed by atoms with Crippen LogP contribution in [0.3, 0.4) is 0 Å². The molecule has 0 saturated carbocycles. The van der Waals surface area contributed by atoms with Gasteiger partial charge in [0.05, 0.1) is 11.3 Å². The van der Waals surface area contributed by atoms with Gasteiger partial charge in [0.15, 0.2) is 0 Å². The van der Waals surface area contributed by atoms with Crippen LogP contribution in [-0.2, 0) is 9.45 Å². The molecule has 0 aromatic heterocycles. The lowest BCUT2D eigenvalue weighted by Crippen LogP contribution is -2.64. The molecule has 2 aliphatic rings. The molecule has 0 amide bonds. The highest BCUT2D eigenvalue weighted by Gasteiger charge is 2.61. The number of para-hydroxylation sites is 1. The Bertz CT molecular complexity index is 818. The van der Waals surface area contributed by atoms with Crippen molar-refractivity contribution in [3.05, 3.63) is 60.2 Å². The van der Waals surface area contributed by atoms with E-state index in [-0.39, 0.29) is 12.0 Å². The van der Waals surface area contributed by atoms with Gasteiger partial charge >= 0.3 is 12.7 Å². The number of benzene rings is 2. The van der Waals surface area contributed by atoms with Crippen molar-refractivity contribution in [3.63, 3.8) is 0 Å². The third-order valence-corrected chi connectivity index (χ3v) is 4.71. The number of fused-ring (bicyclic) bond motifs is 2. The first-order valence-electron chi connectivity index (χ1n) is 8.43. The van der Waals surface area contributed by atoms with Gasteiger partial charge in [-0.05, 0) is 23.5 Å². The van der Waals surface area contributed by atoms with Crippen LogP contribution in [0, 0.1) is 5.92 Å². The molecule has 122 valence electrons. The van der Waals surface area contributed by atoms with E-state index in [9.17, 15) is 4.79 Å². The molecule has 0 bridgehead atoms. The summed E-state index contributed by atoms with van der Waals surface area (Å²) in [6, 6.07) is 17.2. The van der Waals surface area contributed by atoms with Crippen molar-refractivity contribution in [3.8, 4) is 5.75 Å². The van der Waals surface area contributed by atoms with E-state index in [0.29, 0.717) is 5.92 Å². The van der Waals surface area contributed by atoms with Crippen molar-refractivity contribution in [2.24, 2.45) is 5.92 Å². The third-order valence-electron chi connectivity index (χ3n) is 4.71. The van der Waals surface area contributed by atoms with Crippen molar-refractivity contribution in [2.75, 3.05) is 0 Å². The fourth-order valence-corrected chi connectivity index (χ4v) is 3.62. The lowest BCUT2D eigenvalue weighted by Gasteiger charge is -2.35. The Balaban J connectivity index is 1.90. The van der Waals surface area contributed by atoms with E-state index in [1.54, 1.807) is 0 Å². The van der Waals surface area contributed by atoms with Gasteiger partial charge in [0.25, 0.3) is 0 Å². The average Bonchev–Trinajstić information content (AvgIpc) is 2.85. The molecule has 2 heterocycles. The first kappa shape index (κ1) is 15.0. The summed E-state index contributed by atoms with van der Waals surface area (Å²) < 4.78 is 14.2. The van der Waals surface area contributed by atoms with E-state index in [1.165, 1.54) is 0 Å². The van der Waals surface area contributed by atoms with Crippen LogP contribution in [-0.4, -0.2) is 29.4 Å². The zero-order valence-electron chi connectivity index (χ0n) is 13.9. The second-order valence-electron chi connectivity index (χ2n) is 6.90. The largest absolute Gasteiger partial charge is 0.682 e. The average molecular weight is 321 g/mol. The maximum atomic E-state index is 12.7. The van der Waals surface area contributed by atoms with Crippen LogP contribution < -0.4 is 10.1 Å². The molecule has 0 radical (unpaired) electrons. The van der Waals surface area contributed by atoms with Gasteiger partial charge in [-0.2, -0.15) is 0 Å². The van der Waals surface area contributed by atoms with Gasteiger partial charge in [-0.3, -0.25) is 0 Å². The van der Waals surface area contributed by atoms with Crippen molar-refractivity contribution >= 4 is 24.3 Å². The van der Waals surface area contributed by atoms with E-state index < -0.39 is 6.69 Å². The number of rotatable bonds is 3. The summed E-state index contributed by atoms with van der Waals surface area (Å²) in [5.41, 5.74) is 1.85. The van der Waals surface area contributed by atoms with E-state index in [2.05, 4.69) is 13.8 Å². The first-order valence-corrected chi connectivity index (χ1v) is 8.43. The van der Waals surface area contributed by atoms with Gasteiger partial charge in [-0.25, -0.2) is 4.79 Å². The molecule has 2 aromatic rings. The molecule has 2 aliphatic heterocycles. The van der Waals surface area contributed by atoms with Gasteiger partial charge < -0.3 is 13.8 Å². The van der Waals surface area contributed by atoms with Gasteiger partial charge in [0.2, 0.25) is 6.04 Å². The van der Waals surface area contributed by atoms with Crippen molar-refractivity contribution in [1.82, 2.24) is 0 Å². The lowest BCUT2D eigenvalue weighted by atomic mass is 9.62. The zero-order valence-corrected chi connectivity index (χ0v) is 13.9. The predicted molar refractivity (Wildman–Crippen MR) is 93.7 cm³/mol. The topological polar surface area (TPSA) is 38.5 Å². The van der Waals surface area contributed by atoms with Gasteiger partial charge in [0, 0.05) is 6.42 Å². The fraction of sp³-hybridized carbons (Fsp3) is 0.263. The van der Waals surface area contributed by atoms with Crippen LogP contribution in [0.25, 0.3) is 0 Å². The maximum absolute atomic E-state index is 12.7. The van der Waals surface area contributed by atoms with E-state index in [0.717, 1.165) is 23.2 Å². The molecular formula is C19H20BNO3. The molecule has 1 fully saturated rings. The summed E-state index contributed by atoms with van der Waals surface area (Å²) >= 11 is 0. The summed E-state index contributed by atoms with van der Waals surface area (Å²) in [6.07, 6.45) is 2.75. The van der Waals surface area contributed by atoms with Gasteiger partial charge in [0.1, 0.15) is 6.21 Å². The smallest absolute Gasteiger partial charge is 0.618 e. The molecule has 2 atom stereocenters. The third kappa shape index (κ3) is 2.23. The highest BCUT2D eigenvalue weighted by molar-refractivity contribution is 6.77. The second-order valence-corrected chi connectivity index (χ2v) is 6.90. The van der Waals surface area contributed by atoms with Crippen molar-refractivity contribution in [2.45, 2.75) is 26.3 Å². The Morgan fingerprint density at radius 3 is 2.50 bits per heavy atom. The number of hydrogen-bond donors (Lipinski definition) is 0. The summed E-state index contributed by atoms with van der Waals surface area (Å²) in [5.74, 6) is 0.919. The number of carbonyl (C=O) groups is 1. The summed E-state index contributed by atoms with van der Waals surface area (Å²) in [4.78, 5) is 12.7. The molecule has 5 heteroatoms. The summed E-state index contributed by atoms with van der Waals surface area (Å²) in [7, 11) is 0. The van der Waals surface area contributed by atoms with Crippen LogP contribution in [0.4, 0.5) is 0 Å². The zero-order chi connectivity index (χ0) is 16.7. The molecule has 4 rings (SSSR count). The summed E-state index contributed by atoms with van der Waals surface area (Å²) in [6.45, 7) is 2.19. The Hall–Kier alpha value is -2.56. The highest BCUT2D eigenvalue weighted by atomic mass is 16.7. The second kappa shape index (κ2) is 5.51. The Morgan fingerprint density at radius 1 is 1.04 bits per heavy atom. The van der Waals surface area contributed by atoms with Crippen LogP contribution in [0.1, 0.15) is 25.8 Å². The maximum Gasteiger partial charge on any atom is 0.682 e. The molecule has 0 N–H and O–H groups in total. The van der Waals surface area contributed by atoms with Crippen molar-refractivity contribution in [1.29, 1.82) is 0 Å². The minimum Gasteiger partial charge on any atom is -0.618 e. The quantitative estimate of drug-likeness (QED) is 0.815. The summed E-state index contributed by atoms with van der Waals surface area (Å²) in [5, 5.41) is 0. The lowest BCUT2D eigenvalue weighted by molar-refractivity contribution is -0.434. The van der Waals surface area contributed by atoms with Crippen LogP contribution >= 0.6 is 0 Å². The number of nitrogens with zero attached hydrogens (tertiary/aromatic N) is 1. The molecule has 4 nitrogen and oxygen atoms in total. The molecule has 1 unspecified atom stereocenters. The SMILES string of the molecule is CC(C)C[C@H]1C(=O)O[B-]2(c3ccccc3)Oc3ccccc3C=[N+]12. The van der Waals surface area contributed by atoms with Crippen LogP contribution in [0.2, 0.25) is 0 Å². The minimum atomic E-state index is -2.04. The molecule has 0 spiro atoms. The van der Waals surface area contributed by atoms with Gasteiger partial charge in [-0.1, -0.05) is 56.3 Å². The van der Waals surface area contributed by atoms with E-state index >= 15 is 0 Å². The minimum absolute atomic E-state index is 0.211.